The van der Waals surface area contributed by atoms with Crippen molar-refractivity contribution in [2.75, 3.05) is 0 Å². The van der Waals surface area contributed by atoms with Gasteiger partial charge in [-0.25, -0.2) is 0 Å². The first-order valence-electron chi connectivity index (χ1n) is 6.62. The molecule has 1 aliphatic rings. The fourth-order valence-electron chi connectivity index (χ4n) is 1.86. The van der Waals surface area contributed by atoms with Crippen molar-refractivity contribution in [3.63, 3.8) is 0 Å². The highest BCUT2D eigenvalue weighted by molar-refractivity contribution is 9.10. The smallest absolute Gasteiger partial charge is 0.147 e. The van der Waals surface area contributed by atoms with Gasteiger partial charge in [-0.15, -0.1) is 0 Å². The second-order valence-corrected chi connectivity index (χ2v) is 6.61. The number of rotatable bonds is 5. The zero-order chi connectivity index (χ0) is 14.8. The van der Waals surface area contributed by atoms with Gasteiger partial charge in [0.15, 0.2) is 0 Å². The van der Waals surface area contributed by atoms with Crippen LogP contribution in [0.4, 0.5) is 0 Å². The minimum absolute atomic E-state index is 0.501. The summed E-state index contributed by atoms with van der Waals surface area (Å²) in [5.74, 6) is 1.22. The molecule has 0 aliphatic heterocycles. The predicted molar refractivity (Wildman–Crippen MR) is 88.3 cm³/mol. The van der Waals surface area contributed by atoms with E-state index in [-0.39, 0.29) is 0 Å². The molecule has 0 spiro atoms. The van der Waals surface area contributed by atoms with Gasteiger partial charge in [-0.1, -0.05) is 23.2 Å². The van der Waals surface area contributed by atoms with Gasteiger partial charge in [-0.2, -0.15) is 0 Å². The molecule has 0 radical (unpaired) electrons. The molecule has 1 fully saturated rings. The van der Waals surface area contributed by atoms with Crippen LogP contribution >= 0.6 is 39.1 Å². The Bertz CT molecular complexity index is 662. The predicted octanol–water partition coefficient (Wildman–Crippen LogP) is 5.20. The van der Waals surface area contributed by atoms with Crippen LogP contribution in [0.15, 0.2) is 34.9 Å². The molecule has 3 nitrogen and oxygen atoms in total. The van der Waals surface area contributed by atoms with E-state index in [1.807, 2.05) is 6.07 Å². The molecule has 1 N–H and O–H groups in total. The highest BCUT2D eigenvalue weighted by Gasteiger charge is 2.20. The highest BCUT2D eigenvalue weighted by Crippen LogP contribution is 2.36. The number of aromatic nitrogens is 1. The SMILES string of the molecule is Clc1cc(Oc2ccnc(CNC3CC3)c2)c(Cl)cc1Br. The van der Waals surface area contributed by atoms with Crippen molar-refractivity contribution in [2.45, 2.75) is 25.4 Å². The largest absolute Gasteiger partial charge is 0.456 e. The second-order valence-electron chi connectivity index (χ2n) is 4.94. The molecule has 110 valence electrons. The third-order valence-corrected chi connectivity index (χ3v) is 4.63. The lowest BCUT2D eigenvalue weighted by Gasteiger charge is -2.10. The molecule has 1 saturated carbocycles. The van der Waals surface area contributed by atoms with Crippen LogP contribution in [0.1, 0.15) is 18.5 Å². The summed E-state index contributed by atoms with van der Waals surface area (Å²) < 4.78 is 6.54. The van der Waals surface area contributed by atoms with E-state index < -0.39 is 0 Å². The molecule has 1 aliphatic carbocycles. The van der Waals surface area contributed by atoms with Crippen LogP contribution in [0.3, 0.4) is 0 Å². The first kappa shape index (κ1) is 15.1. The van der Waals surface area contributed by atoms with Gasteiger partial charge in [0.1, 0.15) is 11.5 Å². The molecule has 0 amide bonds. The van der Waals surface area contributed by atoms with Crippen molar-refractivity contribution in [1.82, 2.24) is 10.3 Å². The van der Waals surface area contributed by atoms with Crippen LogP contribution in [-0.2, 0) is 6.54 Å². The van der Waals surface area contributed by atoms with Gasteiger partial charge in [-0.3, -0.25) is 4.98 Å². The van der Waals surface area contributed by atoms with Crippen LogP contribution < -0.4 is 10.1 Å². The molecule has 1 aromatic heterocycles. The molecule has 0 atom stereocenters. The maximum absolute atomic E-state index is 6.16. The summed E-state index contributed by atoms with van der Waals surface area (Å²) in [5.41, 5.74) is 0.943. The van der Waals surface area contributed by atoms with Gasteiger partial charge in [-0.05, 0) is 40.9 Å². The average Bonchev–Trinajstić information content (AvgIpc) is 3.27. The number of ether oxygens (including phenoxy) is 1. The molecule has 2 aromatic rings. The molecule has 0 saturated heterocycles. The Kier molecular flexibility index (Phi) is 4.69. The van der Waals surface area contributed by atoms with E-state index in [0.717, 1.165) is 16.7 Å². The Morgan fingerprint density at radius 2 is 2.05 bits per heavy atom. The van der Waals surface area contributed by atoms with E-state index in [9.17, 15) is 0 Å². The molecule has 0 bridgehead atoms. The van der Waals surface area contributed by atoms with Crippen molar-refractivity contribution in [1.29, 1.82) is 0 Å². The first-order chi connectivity index (χ1) is 10.1. The Balaban J connectivity index is 1.74. The molecule has 1 aromatic carbocycles. The monoisotopic (exact) mass is 386 g/mol. The van der Waals surface area contributed by atoms with Crippen molar-refractivity contribution in [3.8, 4) is 11.5 Å². The number of halogens is 3. The van der Waals surface area contributed by atoms with Gasteiger partial charge in [0, 0.05) is 35.4 Å². The van der Waals surface area contributed by atoms with Crippen LogP contribution in [0.2, 0.25) is 10.0 Å². The van der Waals surface area contributed by atoms with E-state index in [1.165, 1.54) is 12.8 Å². The Morgan fingerprint density at radius 1 is 1.24 bits per heavy atom. The summed E-state index contributed by atoms with van der Waals surface area (Å²) in [6, 6.07) is 7.76. The van der Waals surface area contributed by atoms with Crippen molar-refractivity contribution in [3.05, 3.63) is 50.7 Å². The third-order valence-electron chi connectivity index (χ3n) is 3.14. The topological polar surface area (TPSA) is 34.1 Å². The Labute approximate surface area is 141 Å². The number of hydrogen-bond donors (Lipinski definition) is 1. The number of nitrogens with zero attached hydrogens (tertiary/aromatic N) is 1. The maximum atomic E-state index is 6.16. The lowest BCUT2D eigenvalue weighted by atomic mass is 10.3. The van der Waals surface area contributed by atoms with E-state index in [1.54, 1.807) is 24.4 Å². The standard InChI is InChI=1S/C15H13BrCl2N2O/c16-12-6-14(18)15(7-13(12)17)21-11-3-4-19-10(5-11)8-20-9-1-2-9/h3-7,9,20H,1-2,8H2. The third kappa shape index (κ3) is 4.10. The summed E-state index contributed by atoms with van der Waals surface area (Å²) in [6.07, 6.45) is 4.24. The summed E-state index contributed by atoms with van der Waals surface area (Å²) in [7, 11) is 0. The Morgan fingerprint density at radius 3 is 2.81 bits per heavy atom. The van der Waals surface area contributed by atoms with Crippen molar-refractivity contribution < 1.29 is 4.74 Å². The number of pyridine rings is 1. The van der Waals surface area contributed by atoms with Crippen LogP contribution in [0.25, 0.3) is 0 Å². The van der Waals surface area contributed by atoms with E-state index >= 15 is 0 Å². The van der Waals surface area contributed by atoms with Gasteiger partial charge < -0.3 is 10.1 Å². The fraction of sp³-hybridized carbons (Fsp3) is 0.267. The zero-order valence-electron chi connectivity index (χ0n) is 11.1. The normalized spacial score (nSPS) is 14.2. The van der Waals surface area contributed by atoms with Gasteiger partial charge in [0.2, 0.25) is 0 Å². The van der Waals surface area contributed by atoms with Crippen molar-refractivity contribution in [2.24, 2.45) is 0 Å². The first-order valence-corrected chi connectivity index (χ1v) is 8.17. The van der Waals surface area contributed by atoms with Gasteiger partial charge in [0.05, 0.1) is 15.7 Å². The molecular weight excluding hydrogens is 375 g/mol. The highest BCUT2D eigenvalue weighted by atomic mass is 79.9. The molecule has 0 unspecified atom stereocenters. The maximum Gasteiger partial charge on any atom is 0.147 e. The van der Waals surface area contributed by atoms with Crippen LogP contribution in [0.5, 0.6) is 11.5 Å². The van der Waals surface area contributed by atoms with E-state index in [4.69, 9.17) is 27.9 Å². The second kappa shape index (κ2) is 6.53. The Hall–Kier alpha value is -0.810. The van der Waals surface area contributed by atoms with E-state index in [2.05, 4.69) is 26.2 Å². The summed E-state index contributed by atoms with van der Waals surface area (Å²) in [4.78, 5) is 4.33. The lowest BCUT2D eigenvalue weighted by molar-refractivity contribution is 0.480. The lowest BCUT2D eigenvalue weighted by Crippen LogP contribution is -2.16. The van der Waals surface area contributed by atoms with Crippen LogP contribution in [0, 0.1) is 0 Å². The number of benzene rings is 1. The number of nitrogens with one attached hydrogen (secondary N) is 1. The summed E-state index contributed by atoms with van der Waals surface area (Å²) in [5, 5.41) is 4.48. The van der Waals surface area contributed by atoms with Gasteiger partial charge in [0.25, 0.3) is 0 Å². The molecule has 6 heteroatoms. The molecule has 1 heterocycles. The average molecular weight is 388 g/mol. The minimum Gasteiger partial charge on any atom is -0.456 e. The van der Waals surface area contributed by atoms with Crippen molar-refractivity contribution >= 4 is 39.1 Å². The molecular formula is C15H13BrCl2N2O. The molecule has 3 rings (SSSR count). The summed E-state index contributed by atoms with van der Waals surface area (Å²) in [6.45, 7) is 0.747. The van der Waals surface area contributed by atoms with Crippen LogP contribution in [-0.4, -0.2) is 11.0 Å². The van der Waals surface area contributed by atoms with Gasteiger partial charge >= 0.3 is 0 Å². The minimum atomic E-state index is 0.501. The zero-order valence-corrected chi connectivity index (χ0v) is 14.2. The molecule has 21 heavy (non-hydrogen) atoms. The summed E-state index contributed by atoms with van der Waals surface area (Å²) >= 11 is 15.6. The van der Waals surface area contributed by atoms with E-state index in [0.29, 0.717) is 27.6 Å². The number of hydrogen-bond acceptors (Lipinski definition) is 3. The quantitative estimate of drug-likeness (QED) is 0.716. The fourth-order valence-corrected chi connectivity index (χ4v) is 2.69.